The summed E-state index contributed by atoms with van der Waals surface area (Å²) >= 11 is 0. The molecule has 0 saturated carbocycles. The minimum Gasteiger partial charge on any atom is -0.467 e. The van der Waals surface area contributed by atoms with Crippen LogP contribution in [0.1, 0.15) is 44.9 Å². The molecule has 0 radical (unpaired) electrons. The number of fused-ring (bicyclic) bond motifs is 1. The van der Waals surface area contributed by atoms with Crippen LogP contribution < -0.4 is 4.74 Å². The molecule has 3 heterocycles. The van der Waals surface area contributed by atoms with E-state index in [1.807, 2.05) is 26.8 Å². The van der Waals surface area contributed by atoms with Gasteiger partial charge in [0.25, 0.3) is 0 Å². The number of aromatic nitrogens is 3. The molecule has 204 valence electrons. The Labute approximate surface area is 219 Å². The summed E-state index contributed by atoms with van der Waals surface area (Å²) in [4.78, 5) is 18.8. The largest absolute Gasteiger partial charge is 0.467 e. The van der Waals surface area contributed by atoms with E-state index in [0.717, 1.165) is 30.4 Å². The lowest BCUT2D eigenvalue weighted by atomic mass is 9.92. The lowest BCUT2D eigenvalue weighted by Gasteiger charge is -2.34. The Balaban J connectivity index is 1.65. The summed E-state index contributed by atoms with van der Waals surface area (Å²) in [5.41, 5.74) is 0.423. The van der Waals surface area contributed by atoms with Gasteiger partial charge in [0.05, 0.1) is 11.3 Å². The number of ether oxygens (including phenoxy) is 3. The van der Waals surface area contributed by atoms with Crippen LogP contribution in [0, 0.1) is 5.92 Å². The van der Waals surface area contributed by atoms with Crippen molar-refractivity contribution in [3.8, 4) is 17.0 Å². The maximum atomic E-state index is 13.4. The van der Waals surface area contributed by atoms with E-state index in [-0.39, 0.29) is 24.6 Å². The first-order valence-electron chi connectivity index (χ1n) is 12.4. The normalized spacial score (nSPS) is 16.5. The predicted octanol–water partition coefficient (Wildman–Crippen LogP) is 5.88. The SMILES string of the molecule is COCOc1cc(C(F)(F)F)ccc1-c1nnc(CC2CCCN(C(=O)OC(C)(C)C)C2)c2cccnc12. The molecule has 1 amide bonds. The van der Waals surface area contributed by atoms with Gasteiger partial charge < -0.3 is 19.1 Å². The molecule has 0 spiro atoms. The average molecular weight is 533 g/mol. The summed E-state index contributed by atoms with van der Waals surface area (Å²) in [6.45, 7) is 6.45. The number of methoxy groups -OCH3 is 1. The van der Waals surface area contributed by atoms with Crippen LogP contribution >= 0.6 is 0 Å². The van der Waals surface area contributed by atoms with Crippen LogP contribution in [0.5, 0.6) is 5.75 Å². The van der Waals surface area contributed by atoms with Gasteiger partial charge in [0, 0.05) is 37.3 Å². The Hall–Kier alpha value is -3.47. The Bertz CT molecular complexity index is 1290. The zero-order valence-corrected chi connectivity index (χ0v) is 21.8. The van der Waals surface area contributed by atoms with Gasteiger partial charge in [0.1, 0.15) is 22.6 Å². The van der Waals surface area contributed by atoms with Gasteiger partial charge in [-0.3, -0.25) is 4.98 Å². The van der Waals surface area contributed by atoms with Crippen molar-refractivity contribution < 1.29 is 32.2 Å². The van der Waals surface area contributed by atoms with Gasteiger partial charge in [0.2, 0.25) is 0 Å². The highest BCUT2D eigenvalue weighted by molar-refractivity contribution is 5.93. The number of hydrogen-bond donors (Lipinski definition) is 0. The highest BCUT2D eigenvalue weighted by Gasteiger charge is 2.32. The van der Waals surface area contributed by atoms with E-state index >= 15 is 0 Å². The van der Waals surface area contributed by atoms with E-state index < -0.39 is 17.3 Å². The zero-order chi connectivity index (χ0) is 27.5. The molecule has 1 unspecified atom stereocenters. The highest BCUT2D eigenvalue weighted by atomic mass is 19.4. The van der Waals surface area contributed by atoms with Gasteiger partial charge in [-0.15, -0.1) is 5.10 Å². The number of benzene rings is 1. The van der Waals surface area contributed by atoms with E-state index in [2.05, 4.69) is 15.2 Å². The molecule has 0 aliphatic carbocycles. The maximum absolute atomic E-state index is 13.4. The molecule has 3 aromatic rings. The second-order valence-corrected chi connectivity index (χ2v) is 10.3. The van der Waals surface area contributed by atoms with Crippen molar-refractivity contribution in [3.63, 3.8) is 0 Å². The van der Waals surface area contributed by atoms with Crippen LogP contribution in [0.3, 0.4) is 0 Å². The van der Waals surface area contributed by atoms with E-state index in [0.29, 0.717) is 42.0 Å². The first kappa shape index (κ1) is 27.6. The summed E-state index contributed by atoms with van der Waals surface area (Å²) in [6, 6.07) is 6.86. The number of carbonyl (C=O) groups excluding carboxylic acids is 1. The van der Waals surface area contributed by atoms with Gasteiger partial charge in [0.15, 0.2) is 6.79 Å². The molecule has 8 nitrogen and oxygen atoms in total. The van der Waals surface area contributed by atoms with E-state index in [9.17, 15) is 18.0 Å². The van der Waals surface area contributed by atoms with Crippen LogP contribution in [-0.2, 0) is 22.1 Å². The molecule has 1 aromatic carbocycles. The lowest BCUT2D eigenvalue weighted by Crippen LogP contribution is -2.43. The fraction of sp³-hybridized carbons (Fsp3) is 0.481. The molecule has 2 aromatic heterocycles. The summed E-state index contributed by atoms with van der Waals surface area (Å²) in [6.07, 6.45) is -0.944. The average Bonchev–Trinajstić information content (AvgIpc) is 2.86. The number of pyridine rings is 1. The summed E-state index contributed by atoms with van der Waals surface area (Å²) in [7, 11) is 1.38. The quantitative estimate of drug-likeness (QED) is 0.366. The van der Waals surface area contributed by atoms with Crippen LogP contribution in [0.15, 0.2) is 36.5 Å². The summed E-state index contributed by atoms with van der Waals surface area (Å²) in [5.74, 6) is 0.113. The number of amides is 1. The van der Waals surface area contributed by atoms with E-state index in [1.165, 1.54) is 13.2 Å². The molecule has 1 saturated heterocycles. The smallest absolute Gasteiger partial charge is 0.416 e. The van der Waals surface area contributed by atoms with Crippen molar-refractivity contribution in [1.82, 2.24) is 20.1 Å². The third kappa shape index (κ3) is 6.50. The van der Waals surface area contributed by atoms with E-state index in [4.69, 9.17) is 14.2 Å². The molecule has 38 heavy (non-hydrogen) atoms. The maximum Gasteiger partial charge on any atom is 0.416 e. The first-order chi connectivity index (χ1) is 18.0. The Morgan fingerprint density at radius 2 is 1.95 bits per heavy atom. The topological polar surface area (TPSA) is 86.7 Å². The summed E-state index contributed by atoms with van der Waals surface area (Å²) in [5, 5.41) is 9.59. The number of halogens is 3. The number of rotatable bonds is 6. The molecule has 1 atom stereocenters. The number of nitrogens with zero attached hydrogens (tertiary/aromatic N) is 4. The van der Waals surface area contributed by atoms with E-state index in [1.54, 1.807) is 17.2 Å². The number of likely N-dealkylation sites (tertiary alicyclic amines) is 1. The predicted molar refractivity (Wildman–Crippen MR) is 135 cm³/mol. The van der Waals surface area contributed by atoms with Crippen molar-refractivity contribution in [1.29, 1.82) is 0 Å². The van der Waals surface area contributed by atoms with Crippen molar-refractivity contribution in [3.05, 3.63) is 47.8 Å². The monoisotopic (exact) mass is 532 g/mol. The number of alkyl halides is 3. The lowest BCUT2D eigenvalue weighted by molar-refractivity contribution is -0.137. The van der Waals surface area contributed by atoms with Crippen LogP contribution in [0.25, 0.3) is 22.2 Å². The molecular weight excluding hydrogens is 501 g/mol. The Morgan fingerprint density at radius 3 is 2.66 bits per heavy atom. The number of carbonyl (C=O) groups is 1. The molecule has 0 N–H and O–H groups in total. The fourth-order valence-electron chi connectivity index (χ4n) is 4.50. The second-order valence-electron chi connectivity index (χ2n) is 10.3. The molecular formula is C27H31F3N4O4. The van der Waals surface area contributed by atoms with Crippen molar-refractivity contribution in [2.75, 3.05) is 27.0 Å². The molecule has 1 aliphatic rings. The molecule has 1 aliphatic heterocycles. The number of piperidine rings is 1. The van der Waals surface area contributed by atoms with Crippen molar-refractivity contribution in [2.24, 2.45) is 5.92 Å². The standard InChI is InChI=1S/C27H31F3N4O4/c1-26(2,3)38-25(35)34-12-6-7-17(15-34)13-21-19-8-5-11-31-23(19)24(33-32-21)20-10-9-18(27(28,29)30)14-22(20)37-16-36-4/h5,8-11,14,17H,6-7,12-13,15-16H2,1-4H3. The first-order valence-corrected chi connectivity index (χ1v) is 12.4. The van der Waals surface area contributed by atoms with Gasteiger partial charge >= 0.3 is 12.3 Å². The highest BCUT2D eigenvalue weighted by Crippen LogP contribution is 2.38. The van der Waals surface area contributed by atoms with Crippen LogP contribution in [0.2, 0.25) is 0 Å². The molecule has 11 heteroatoms. The minimum absolute atomic E-state index is 0.0315. The van der Waals surface area contributed by atoms with Crippen molar-refractivity contribution >= 4 is 17.0 Å². The van der Waals surface area contributed by atoms with Crippen molar-refractivity contribution in [2.45, 2.75) is 51.8 Å². The van der Waals surface area contributed by atoms with Crippen LogP contribution in [-0.4, -0.2) is 58.8 Å². The van der Waals surface area contributed by atoms with Gasteiger partial charge in [-0.1, -0.05) is 0 Å². The molecule has 0 bridgehead atoms. The Kier molecular flexibility index (Phi) is 8.05. The van der Waals surface area contributed by atoms with Gasteiger partial charge in [-0.25, -0.2) is 4.79 Å². The van der Waals surface area contributed by atoms with Gasteiger partial charge in [-0.2, -0.15) is 18.3 Å². The second kappa shape index (κ2) is 11.1. The number of hydrogen-bond acceptors (Lipinski definition) is 7. The fourth-order valence-corrected chi connectivity index (χ4v) is 4.50. The van der Waals surface area contributed by atoms with Crippen LogP contribution in [0.4, 0.5) is 18.0 Å². The third-order valence-corrected chi connectivity index (χ3v) is 6.16. The Morgan fingerprint density at radius 1 is 1.16 bits per heavy atom. The minimum atomic E-state index is -4.53. The summed E-state index contributed by atoms with van der Waals surface area (Å²) < 4.78 is 56.0. The van der Waals surface area contributed by atoms with Gasteiger partial charge in [-0.05, 0) is 76.3 Å². The molecule has 1 fully saturated rings. The molecule has 4 rings (SSSR count). The zero-order valence-electron chi connectivity index (χ0n) is 21.8. The third-order valence-electron chi connectivity index (χ3n) is 6.16.